The Kier molecular flexibility index (Phi) is 5.21. The van der Waals surface area contributed by atoms with Crippen molar-refractivity contribution < 1.29 is 22.7 Å². The van der Waals surface area contributed by atoms with Crippen molar-refractivity contribution >= 4 is 21.8 Å². The molecule has 2 heterocycles. The quantitative estimate of drug-likeness (QED) is 0.651. The van der Waals surface area contributed by atoms with E-state index in [4.69, 9.17) is 9.47 Å². The maximum atomic E-state index is 12.7. The molecule has 1 aromatic rings. The zero-order valence-electron chi connectivity index (χ0n) is 14.3. The molecule has 0 amide bonds. The lowest BCUT2D eigenvalue weighted by Gasteiger charge is -2.26. The molecule has 0 unspecified atom stereocenters. The molecule has 0 spiro atoms. The molecule has 1 aromatic heterocycles. The smallest absolute Gasteiger partial charge is 0.341 e. The van der Waals surface area contributed by atoms with Crippen molar-refractivity contribution in [2.75, 3.05) is 51.9 Å². The van der Waals surface area contributed by atoms with Crippen molar-refractivity contribution in [1.82, 2.24) is 14.5 Å². The van der Waals surface area contributed by atoms with Gasteiger partial charge >= 0.3 is 5.97 Å². The highest BCUT2D eigenvalue weighted by molar-refractivity contribution is 7.89. The van der Waals surface area contributed by atoms with E-state index >= 15 is 0 Å². The third kappa shape index (κ3) is 3.91. The topological polar surface area (TPSA) is 102 Å². The summed E-state index contributed by atoms with van der Waals surface area (Å²) in [5.74, 6) is 0.278. The monoisotopic (exact) mass is 370 g/mol. The van der Waals surface area contributed by atoms with Crippen LogP contribution in [0.15, 0.2) is 11.1 Å². The Morgan fingerprint density at radius 3 is 2.64 bits per heavy atom. The maximum absolute atomic E-state index is 12.7. The van der Waals surface area contributed by atoms with Crippen LogP contribution in [0.5, 0.6) is 0 Å². The van der Waals surface area contributed by atoms with E-state index in [2.05, 4.69) is 10.2 Å². The molecule has 2 aliphatic rings. The van der Waals surface area contributed by atoms with E-state index in [0.717, 1.165) is 19.4 Å². The first kappa shape index (κ1) is 18.0. The number of sulfonamides is 1. The van der Waals surface area contributed by atoms with Crippen molar-refractivity contribution in [2.24, 2.45) is 5.92 Å². The predicted octanol–water partition coefficient (Wildman–Crippen LogP) is 0.130. The molecule has 3 rings (SSSR count). The number of nitrogens with zero attached hydrogens (tertiary/aromatic N) is 4. The molecule has 0 bridgehead atoms. The number of aromatic nitrogens is 2. The number of carbonyl (C=O) groups is 1. The van der Waals surface area contributed by atoms with Crippen LogP contribution in [0.4, 0.5) is 5.82 Å². The third-order valence-corrected chi connectivity index (χ3v) is 6.10. The minimum atomic E-state index is -3.83. The van der Waals surface area contributed by atoms with Gasteiger partial charge in [-0.1, -0.05) is 0 Å². The minimum Gasteiger partial charge on any atom is -0.465 e. The molecule has 1 saturated heterocycles. The fourth-order valence-electron chi connectivity index (χ4n) is 2.73. The number of methoxy groups -OCH3 is 1. The van der Waals surface area contributed by atoms with Crippen LogP contribution in [0.2, 0.25) is 0 Å². The van der Waals surface area contributed by atoms with Crippen molar-refractivity contribution in [3.05, 3.63) is 11.6 Å². The first-order valence-corrected chi connectivity index (χ1v) is 9.62. The van der Waals surface area contributed by atoms with Gasteiger partial charge in [-0.05, 0) is 24.8 Å². The lowest BCUT2D eigenvalue weighted by Crippen LogP contribution is -2.41. The van der Waals surface area contributed by atoms with Gasteiger partial charge in [-0.15, -0.1) is 10.2 Å². The highest BCUT2D eigenvalue weighted by Gasteiger charge is 2.31. The Morgan fingerprint density at radius 2 is 2.04 bits per heavy atom. The van der Waals surface area contributed by atoms with Gasteiger partial charge in [0.15, 0.2) is 10.8 Å². The second-order valence-electron chi connectivity index (χ2n) is 6.25. The van der Waals surface area contributed by atoms with E-state index in [1.165, 1.54) is 17.5 Å². The number of esters is 1. The summed E-state index contributed by atoms with van der Waals surface area (Å²) in [5.41, 5.74) is 0.104. The van der Waals surface area contributed by atoms with Crippen LogP contribution in [0, 0.1) is 5.92 Å². The summed E-state index contributed by atoms with van der Waals surface area (Å²) >= 11 is 0. The van der Waals surface area contributed by atoms with Crippen LogP contribution in [0.1, 0.15) is 23.2 Å². The zero-order chi connectivity index (χ0) is 18.0. The number of rotatable bonds is 6. The Labute approximate surface area is 147 Å². The fraction of sp³-hybridized carbons (Fsp3) is 0.667. The molecule has 2 fully saturated rings. The molecule has 0 N–H and O–H groups in total. The van der Waals surface area contributed by atoms with Crippen LogP contribution in [-0.2, 0) is 19.5 Å². The molecule has 0 atom stereocenters. The Bertz CT molecular complexity index is 744. The lowest BCUT2D eigenvalue weighted by molar-refractivity contribution is 0.0600. The number of carbonyl (C=O) groups excluding carboxylic acids is 1. The van der Waals surface area contributed by atoms with E-state index in [0.29, 0.717) is 24.9 Å². The van der Waals surface area contributed by atoms with Crippen molar-refractivity contribution in [3.63, 3.8) is 0 Å². The average Bonchev–Trinajstić information content (AvgIpc) is 3.45. The van der Waals surface area contributed by atoms with E-state index < -0.39 is 16.0 Å². The summed E-state index contributed by atoms with van der Waals surface area (Å²) in [5, 5.41) is 7.66. The lowest BCUT2D eigenvalue weighted by atomic mass is 10.2. The van der Waals surface area contributed by atoms with Gasteiger partial charge in [0.2, 0.25) is 0 Å². The summed E-state index contributed by atoms with van der Waals surface area (Å²) in [6, 6.07) is 1.25. The van der Waals surface area contributed by atoms with Gasteiger partial charge in [0, 0.05) is 26.7 Å². The molecule has 0 aromatic carbocycles. The summed E-state index contributed by atoms with van der Waals surface area (Å²) in [6.07, 6.45) is 2.30. The number of hydrogen-bond donors (Lipinski definition) is 0. The highest BCUT2D eigenvalue weighted by atomic mass is 32.2. The minimum absolute atomic E-state index is 0.104. The molecule has 1 aliphatic heterocycles. The average molecular weight is 370 g/mol. The summed E-state index contributed by atoms with van der Waals surface area (Å²) < 4.78 is 36.7. The van der Waals surface area contributed by atoms with E-state index in [1.807, 2.05) is 11.9 Å². The second-order valence-corrected chi connectivity index (χ2v) is 8.14. The van der Waals surface area contributed by atoms with Gasteiger partial charge in [-0.2, -0.15) is 4.31 Å². The van der Waals surface area contributed by atoms with Crippen LogP contribution in [0.25, 0.3) is 0 Å². The van der Waals surface area contributed by atoms with Crippen LogP contribution in [-0.4, -0.2) is 75.9 Å². The number of hydrogen-bond acceptors (Lipinski definition) is 8. The molecule has 1 aliphatic carbocycles. The molecule has 138 valence electrons. The van der Waals surface area contributed by atoms with Gasteiger partial charge in [-0.25, -0.2) is 13.2 Å². The van der Waals surface area contributed by atoms with E-state index in [-0.39, 0.29) is 23.7 Å². The zero-order valence-corrected chi connectivity index (χ0v) is 15.2. The molecule has 10 heteroatoms. The molecule has 0 radical (unpaired) electrons. The van der Waals surface area contributed by atoms with E-state index in [9.17, 15) is 13.2 Å². The summed E-state index contributed by atoms with van der Waals surface area (Å²) in [4.78, 5) is 14.0. The highest BCUT2D eigenvalue weighted by Crippen LogP contribution is 2.31. The second kappa shape index (κ2) is 7.22. The third-order valence-electron chi connectivity index (χ3n) is 4.32. The van der Waals surface area contributed by atoms with Crippen LogP contribution < -0.4 is 4.90 Å². The van der Waals surface area contributed by atoms with Crippen LogP contribution >= 0.6 is 0 Å². The van der Waals surface area contributed by atoms with Gasteiger partial charge in [0.05, 0.1) is 20.3 Å². The fourth-order valence-corrected chi connectivity index (χ4v) is 4.03. The largest absolute Gasteiger partial charge is 0.465 e. The Morgan fingerprint density at radius 1 is 1.36 bits per heavy atom. The molecule has 25 heavy (non-hydrogen) atoms. The van der Waals surface area contributed by atoms with Crippen molar-refractivity contribution in [1.29, 1.82) is 0 Å². The number of ether oxygens (including phenoxy) is 2. The summed E-state index contributed by atoms with van der Waals surface area (Å²) in [7, 11) is -0.762. The molecule has 1 saturated carbocycles. The SMILES string of the molecule is COC(=O)c1cc(S(=O)(=O)N2CCOCC2)nnc1N(C)CC1CC1. The standard InChI is InChI=1S/C15H22N4O5S/c1-18(10-11-3-4-11)14-12(15(20)23-2)9-13(16-17-14)25(21,22)19-5-7-24-8-6-19/h9,11H,3-8,10H2,1-2H3. The Hall–Kier alpha value is -1.78. The Balaban J connectivity index is 1.93. The normalized spacial score (nSPS) is 18.8. The van der Waals surface area contributed by atoms with Gasteiger partial charge in [-0.3, -0.25) is 0 Å². The molecular formula is C15H22N4O5S. The first-order chi connectivity index (χ1) is 11.9. The maximum Gasteiger partial charge on any atom is 0.341 e. The molecule has 9 nitrogen and oxygen atoms in total. The van der Waals surface area contributed by atoms with E-state index in [1.54, 1.807) is 0 Å². The summed E-state index contributed by atoms with van der Waals surface area (Å²) in [6.45, 7) is 1.91. The van der Waals surface area contributed by atoms with Gasteiger partial charge < -0.3 is 14.4 Å². The predicted molar refractivity (Wildman–Crippen MR) is 88.9 cm³/mol. The van der Waals surface area contributed by atoms with Crippen molar-refractivity contribution in [3.8, 4) is 0 Å². The molecular weight excluding hydrogens is 348 g/mol. The van der Waals surface area contributed by atoms with Gasteiger partial charge in [0.1, 0.15) is 5.56 Å². The van der Waals surface area contributed by atoms with Crippen molar-refractivity contribution in [2.45, 2.75) is 17.9 Å². The number of morpholine rings is 1. The van der Waals surface area contributed by atoms with Crippen LogP contribution in [0.3, 0.4) is 0 Å². The number of anilines is 1. The first-order valence-electron chi connectivity index (χ1n) is 8.18. The van der Waals surface area contributed by atoms with Gasteiger partial charge in [0.25, 0.3) is 10.0 Å².